The van der Waals surface area contributed by atoms with E-state index in [1.54, 1.807) is 12.3 Å². The first-order valence-electron chi connectivity index (χ1n) is 5.30. The van der Waals surface area contributed by atoms with Gasteiger partial charge in [-0.3, -0.25) is 5.10 Å². The van der Waals surface area contributed by atoms with Gasteiger partial charge in [0.15, 0.2) is 0 Å². The summed E-state index contributed by atoms with van der Waals surface area (Å²) < 4.78 is 5.27. The molecule has 0 aliphatic heterocycles. The average Bonchev–Trinajstić information content (AvgIpc) is 2.81. The van der Waals surface area contributed by atoms with E-state index in [2.05, 4.69) is 10.2 Å². The molecule has 0 spiro atoms. The third kappa shape index (κ3) is 3.22. The molecule has 1 aromatic carbocycles. The zero-order valence-electron chi connectivity index (χ0n) is 9.19. The lowest BCUT2D eigenvalue weighted by Crippen LogP contribution is -2.02. The minimum Gasteiger partial charge on any atom is -0.490 e. The number of rotatable bonds is 5. The number of nitrogens with one attached hydrogen (secondary N) is 1. The Bertz CT molecular complexity index is 471. The second-order valence-corrected chi connectivity index (χ2v) is 3.99. The van der Waals surface area contributed by atoms with Gasteiger partial charge in [-0.2, -0.15) is 5.10 Å². The van der Waals surface area contributed by atoms with Gasteiger partial charge in [0.2, 0.25) is 0 Å². The second kappa shape index (κ2) is 5.70. The molecule has 4 nitrogen and oxygen atoms in total. The molecule has 0 unspecified atom stereocenters. The fraction of sp³-hybridized carbons (Fsp3) is 0.250. The van der Waals surface area contributed by atoms with Gasteiger partial charge in [0.05, 0.1) is 17.3 Å². The SMILES string of the molecule is OCCOc1ccc(Cc2cc[nH]n2)cc1Cl. The van der Waals surface area contributed by atoms with Crippen LogP contribution in [0.4, 0.5) is 0 Å². The fourth-order valence-electron chi connectivity index (χ4n) is 1.53. The summed E-state index contributed by atoms with van der Waals surface area (Å²) in [5.41, 5.74) is 2.03. The Labute approximate surface area is 104 Å². The van der Waals surface area contributed by atoms with Crippen LogP contribution < -0.4 is 4.74 Å². The molecule has 0 radical (unpaired) electrons. The maximum absolute atomic E-state index is 8.66. The van der Waals surface area contributed by atoms with Crippen molar-refractivity contribution < 1.29 is 9.84 Å². The van der Waals surface area contributed by atoms with Crippen LogP contribution in [-0.4, -0.2) is 28.5 Å². The van der Waals surface area contributed by atoms with E-state index in [0.29, 0.717) is 10.8 Å². The van der Waals surface area contributed by atoms with E-state index in [1.807, 2.05) is 18.2 Å². The van der Waals surface area contributed by atoms with Crippen LogP contribution >= 0.6 is 11.6 Å². The van der Waals surface area contributed by atoms with Gasteiger partial charge in [0.25, 0.3) is 0 Å². The van der Waals surface area contributed by atoms with E-state index >= 15 is 0 Å². The van der Waals surface area contributed by atoms with E-state index in [1.165, 1.54) is 0 Å². The Kier molecular flexibility index (Phi) is 4.01. The molecule has 0 saturated carbocycles. The van der Waals surface area contributed by atoms with Crippen molar-refractivity contribution in [1.82, 2.24) is 10.2 Å². The number of aromatic nitrogens is 2. The summed E-state index contributed by atoms with van der Waals surface area (Å²) in [4.78, 5) is 0. The monoisotopic (exact) mass is 252 g/mol. The van der Waals surface area contributed by atoms with Crippen LogP contribution in [0.1, 0.15) is 11.3 Å². The number of aliphatic hydroxyl groups is 1. The van der Waals surface area contributed by atoms with E-state index in [9.17, 15) is 0 Å². The molecule has 90 valence electrons. The van der Waals surface area contributed by atoms with Gasteiger partial charge in [-0.15, -0.1) is 0 Å². The van der Waals surface area contributed by atoms with Crippen molar-refractivity contribution in [2.75, 3.05) is 13.2 Å². The Morgan fingerprint density at radius 3 is 2.88 bits per heavy atom. The van der Waals surface area contributed by atoms with Crippen molar-refractivity contribution in [3.8, 4) is 5.75 Å². The topological polar surface area (TPSA) is 58.1 Å². The number of nitrogens with zero attached hydrogens (tertiary/aromatic N) is 1. The molecule has 2 aromatic rings. The largest absolute Gasteiger partial charge is 0.490 e. The van der Waals surface area contributed by atoms with Gasteiger partial charge < -0.3 is 9.84 Å². The summed E-state index contributed by atoms with van der Waals surface area (Å²) in [6.07, 6.45) is 2.51. The van der Waals surface area contributed by atoms with Crippen molar-refractivity contribution in [1.29, 1.82) is 0 Å². The third-order valence-electron chi connectivity index (χ3n) is 2.29. The zero-order chi connectivity index (χ0) is 12.1. The van der Waals surface area contributed by atoms with Crippen LogP contribution in [0.3, 0.4) is 0 Å². The number of hydrogen-bond donors (Lipinski definition) is 2. The van der Waals surface area contributed by atoms with Crippen LogP contribution in [-0.2, 0) is 6.42 Å². The molecule has 0 aliphatic carbocycles. The summed E-state index contributed by atoms with van der Waals surface area (Å²) in [7, 11) is 0. The van der Waals surface area contributed by atoms with Crippen LogP contribution in [0.5, 0.6) is 5.75 Å². The zero-order valence-corrected chi connectivity index (χ0v) is 9.94. The quantitative estimate of drug-likeness (QED) is 0.856. The molecule has 0 aliphatic rings. The van der Waals surface area contributed by atoms with Crippen molar-refractivity contribution >= 4 is 11.6 Å². The molecule has 0 atom stereocenters. The second-order valence-electron chi connectivity index (χ2n) is 3.58. The summed E-state index contributed by atoms with van der Waals surface area (Å²) >= 11 is 6.07. The lowest BCUT2D eigenvalue weighted by Gasteiger charge is -2.07. The number of hydrogen-bond acceptors (Lipinski definition) is 3. The third-order valence-corrected chi connectivity index (χ3v) is 2.58. The Hall–Kier alpha value is -1.52. The van der Waals surface area contributed by atoms with E-state index < -0.39 is 0 Å². The van der Waals surface area contributed by atoms with Crippen LogP contribution in [0.2, 0.25) is 5.02 Å². The molecule has 2 rings (SSSR count). The van der Waals surface area contributed by atoms with Gasteiger partial charge >= 0.3 is 0 Å². The van der Waals surface area contributed by atoms with Gasteiger partial charge in [0, 0.05) is 12.6 Å². The molecule has 1 heterocycles. The lowest BCUT2D eigenvalue weighted by atomic mass is 10.1. The molecule has 2 N–H and O–H groups in total. The van der Waals surface area contributed by atoms with E-state index in [-0.39, 0.29) is 13.2 Å². The fourth-order valence-corrected chi connectivity index (χ4v) is 1.78. The summed E-state index contributed by atoms with van der Waals surface area (Å²) in [5.74, 6) is 0.589. The normalized spacial score (nSPS) is 10.5. The number of benzene rings is 1. The number of aliphatic hydroxyl groups excluding tert-OH is 1. The number of halogens is 1. The van der Waals surface area contributed by atoms with Gasteiger partial charge in [-0.25, -0.2) is 0 Å². The minimum atomic E-state index is -0.0225. The molecule has 0 bridgehead atoms. The number of aromatic amines is 1. The first-order valence-corrected chi connectivity index (χ1v) is 5.68. The van der Waals surface area contributed by atoms with Crippen molar-refractivity contribution in [3.05, 3.63) is 46.7 Å². The first-order chi connectivity index (χ1) is 8.29. The summed E-state index contributed by atoms with van der Waals surface area (Å²) in [6, 6.07) is 7.51. The smallest absolute Gasteiger partial charge is 0.138 e. The number of ether oxygens (including phenoxy) is 1. The Morgan fingerprint density at radius 1 is 1.35 bits per heavy atom. The minimum absolute atomic E-state index is 0.0225. The highest BCUT2D eigenvalue weighted by Crippen LogP contribution is 2.26. The molecule has 0 amide bonds. The maximum atomic E-state index is 8.66. The highest BCUT2D eigenvalue weighted by molar-refractivity contribution is 6.32. The van der Waals surface area contributed by atoms with Crippen LogP contribution in [0.25, 0.3) is 0 Å². The predicted molar refractivity (Wildman–Crippen MR) is 65.4 cm³/mol. The molecule has 0 saturated heterocycles. The molecular weight excluding hydrogens is 240 g/mol. The van der Waals surface area contributed by atoms with Crippen molar-refractivity contribution in [2.45, 2.75) is 6.42 Å². The Morgan fingerprint density at radius 2 is 2.24 bits per heavy atom. The average molecular weight is 253 g/mol. The highest BCUT2D eigenvalue weighted by Gasteiger charge is 2.04. The molecular formula is C12H13ClN2O2. The van der Waals surface area contributed by atoms with Crippen LogP contribution in [0.15, 0.2) is 30.5 Å². The highest BCUT2D eigenvalue weighted by atomic mass is 35.5. The Balaban J connectivity index is 2.08. The van der Waals surface area contributed by atoms with Gasteiger partial charge in [-0.1, -0.05) is 17.7 Å². The summed E-state index contributed by atoms with van der Waals surface area (Å²) in [5, 5.41) is 16.1. The van der Waals surface area contributed by atoms with Gasteiger partial charge in [0.1, 0.15) is 12.4 Å². The predicted octanol–water partition coefficient (Wildman–Crippen LogP) is 2.02. The molecule has 1 aromatic heterocycles. The standard InChI is InChI=1S/C12H13ClN2O2/c13-11-8-9(7-10-3-4-14-15-10)1-2-12(11)17-6-5-16/h1-4,8,16H,5-7H2,(H,14,15). The van der Waals surface area contributed by atoms with Crippen LogP contribution in [0, 0.1) is 0 Å². The molecule has 0 fully saturated rings. The van der Waals surface area contributed by atoms with Gasteiger partial charge in [-0.05, 0) is 23.8 Å². The molecule has 5 heteroatoms. The lowest BCUT2D eigenvalue weighted by molar-refractivity contribution is 0.201. The van der Waals surface area contributed by atoms with E-state index in [0.717, 1.165) is 17.7 Å². The maximum Gasteiger partial charge on any atom is 0.138 e. The van der Waals surface area contributed by atoms with Crippen molar-refractivity contribution in [3.63, 3.8) is 0 Å². The molecule has 17 heavy (non-hydrogen) atoms. The number of H-pyrrole nitrogens is 1. The van der Waals surface area contributed by atoms with Crippen molar-refractivity contribution in [2.24, 2.45) is 0 Å². The first kappa shape index (κ1) is 12.0. The van der Waals surface area contributed by atoms with E-state index in [4.69, 9.17) is 21.4 Å². The summed E-state index contributed by atoms with van der Waals surface area (Å²) in [6.45, 7) is 0.226.